The van der Waals surface area contributed by atoms with E-state index in [1.54, 1.807) is 11.3 Å². The fourth-order valence-electron chi connectivity index (χ4n) is 2.33. The number of hydrogen-bond acceptors (Lipinski definition) is 5. The third kappa shape index (κ3) is 4.23. The van der Waals surface area contributed by atoms with Gasteiger partial charge in [-0.1, -0.05) is 0 Å². The first kappa shape index (κ1) is 15.8. The normalized spacial score (nSPS) is 21.2. The maximum atomic E-state index is 12.2. The summed E-state index contributed by atoms with van der Waals surface area (Å²) < 4.78 is 28.6. The van der Waals surface area contributed by atoms with Crippen LogP contribution >= 0.6 is 11.3 Å². The smallest absolute Gasteiger partial charge is 0.279 e. The monoisotopic (exact) mass is 318 g/mol. The molecule has 1 fully saturated rings. The Hall–Kier alpha value is -0.540. The second-order valence-corrected chi connectivity index (χ2v) is 7.83. The number of nitrogens with two attached hydrogens (primary N) is 1. The van der Waals surface area contributed by atoms with Crippen molar-refractivity contribution in [1.29, 1.82) is 0 Å². The maximum Gasteiger partial charge on any atom is 0.279 e. The van der Waals surface area contributed by atoms with E-state index in [1.165, 1.54) is 4.31 Å². The highest BCUT2D eigenvalue weighted by Crippen LogP contribution is 2.17. The molecule has 2 rings (SSSR count). The van der Waals surface area contributed by atoms with Crippen LogP contribution in [-0.4, -0.2) is 43.9 Å². The summed E-state index contributed by atoms with van der Waals surface area (Å²) in [6, 6.07) is 0. The minimum atomic E-state index is -3.39. The summed E-state index contributed by atoms with van der Waals surface area (Å²) >= 11 is 1.56. The van der Waals surface area contributed by atoms with Gasteiger partial charge in [0.1, 0.15) is 0 Å². The fraction of sp³-hybridized carbons (Fsp3) is 0.750. The molecule has 2 heterocycles. The van der Waals surface area contributed by atoms with Gasteiger partial charge in [-0.3, -0.25) is 0 Å². The molecule has 0 spiro atoms. The van der Waals surface area contributed by atoms with Crippen molar-refractivity contribution >= 4 is 21.5 Å². The van der Waals surface area contributed by atoms with E-state index in [1.807, 2.05) is 12.3 Å². The molecular weight excluding hydrogens is 296 g/mol. The van der Waals surface area contributed by atoms with Gasteiger partial charge in [-0.05, 0) is 32.2 Å². The molecule has 0 saturated carbocycles. The maximum absolute atomic E-state index is 12.2. The molecule has 0 amide bonds. The number of nitrogens with zero attached hydrogens (tertiary/aromatic N) is 2. The van der Waals surface area contributed by atoms with Crippen LogP contribution in [0, 0.1) is 12.8 Å². The number of hydrogen-bond donors (Lipinski definition) is 2. The first-order chi connectivity index (χ1) is 9.51. The minimum absolute atomic E-state index is 0.280. The summed E-state index contributed by atoms with van der Waals surface area (Å²) in [5, 5.41) is 2.93. The zero-order chi connectivity index (χ0) is 14.6. The zero-order valence-electron chi connectivity index (χ0n) is 11.7. The molecule has 1 aromatic rings. The van der Waals surface area contributed by atoms with E-state index >= 15 is 0 Å². The van der Waals surface area contributed by atoms with E-state index in [9.17, 15) is 8.42 Å². The number of nitrogens with one attached hydrogen (secondary N) is 1. The molecule has 20 heavy (non-hydrogen) atoms. The SMILES string of the molecule is Cc1csc(CCNS(=O)(=O)N2CCCC(CN)C2)n1. The Morgan fingerprint density at radius 3 is 3.05 bits per heavy atom. The number of aryl methyl sites for hydroxylation is 1. The highest BCUT2D eigenvalue weighted by atomic mass is 32.2. The van der Waals surface area contributed by atoms with Gasteiger partial charge in [0.25, 0.3) is 10.2 Å². The van der Waals surface area contributed by atoms with Crippen molar-refractivity contribution < 1.29 is 8.42 Å². The number of rotatable bonds is 6. The molecule has 1 unspecified atom stereocenters. The largest absolute Gasteiger partial charge is 0.330 e. The molecule has 0 aliphatic carbocycles. The summed E-state index contributed by atoms with van der Waals surface area (Å²) in [6.45, 7) is 3.98. The molecule has 1 aliphatic heterocycles. The van der Waals surface area contributed by atoms with Crippen molar-refractivity contribution in [2.24, 2.45) is 11.7 Å². The third-order valence-corrected chi connectivity index (χ3v) is 6.05. The zero-order valence-corrected chi connectivity index (χ0v) is 13.3. The predicted molar refractivity (Wildman–Crippen MR) is 80.8 cm³/mol. The summed E-state index contributed by atoms with van der Waals surface area (Å²) in [6.07, 6.45) is 2.53. The van der Waals surface area contributed by atoms with E-state index in [-0.39, 0.29) is 5.92 Å². The molecule has 0 aromatic carbocycles. The van der Waals surface area contributed by atoms with Crippen molar-refractivity contribution in [2.75, 3.05) is 26.2 Å². The van der Waals surface area contributed by atoms with Crippen LogP contribution < -0.4 is 10.5 Å². The van der Waals surface area contributed by atoms with Gasteiger partial charge in [0.2, 0.25) is 0 Å². The average Bonchev–Trinajstić information content (AvgIpc) is 2.84. The summed E-state index contributed by atoms with van der Waals surface area (Å²) in [4.78, 5) is 4.32. The molecule has 0 radical (unpaired) electrons. The quantitative estimate of drug-likeness (QED) is 0.799. The third-order valence-electron chi connectivity index (χ3n) is 3.44. The summed E-state index contributed by atoms with van der Waals surface area (Å²) in [7, 11) is -3.39. The Kier molecular flexibility index (Phi) is 5.50. The lowest BCUT2D eigenvalue weighted by molar-refractivity contribution is 0.269. The molecule has 1 aliphatic rings. The minimum Gasteiger partial charge on any atom is -0.330 e. The van der Waals surface area contributed by atoms with Crippen LogP contribution in [0.1, 0.15) is 23.5 Å². The molecule has 1 saturated heterocycles. The van der Waals surface area contributed by atoms with Crippen LogP contribution in [0.5, 0.6) is 0 Å². The van der Waals surface area contributed by atoms with Gasteiger partial charge in [-0.25, -0.2) is 9.71 Å². The molecule has 1 atom stereocenters. The lowest BCUT2D eigenvalue weighted by atomic mass is 10.0. The predicted octanol–water partition coefficient (Wildman–Crippen LogP) is 0.499. The lowest BCUT2D eigenvalue weighted by Gasteiger charge is -2.31. The first-order valence-electron chi connectivity index (χ1n) is 6.87. The van der Waals surface area contributed by atoms with E-state index < -0.39 is 10.2 Å². The van der Waals surface area contributed by atoms with Gasteiger partial charge in [-0.15, -0.1) is 11.3 Å². The average molecular weight is 318 g/mol. The van der Waals surface area contributed by atoms with Crippen molar-refractivity contribution in [3.05, 3.63) is 16.1 Å². The van der Waals surface area contributed by atoms with E-state index in [0.29, 0.717) is 32.6 Å². The van der Waals surface area contributed by atoms with Crippen molar-refractivity contribution in [3.8, 4) is 0 Å². The Bertz CT molecular complexity index is 529. The van der Waals surface area contributed by atoms with Crippen LogP contribution in [-0.2, 0) is 16.6 Å². The molecular formula is C12H22N4O2S2. The van der Waals surface area contributed by atoms with E-state index in [0.717, 1.165) is 23.5 Å². The van der Waals surface area contributed by atoms with Crippen molar-refractivity contribution in [3.63, 3.8) is 0 Å². The first-order valence-corrected chi connectivity index (χ1v) is 9.19. The van der Waals surface area contributed by atoms with Crippen LogP contribution in [0.4, 0.5) is 0 Å². The standard InChI is InChI=1S/C12H22N4O2S2/c1-10-9-19-12(15-10)4-5-14-20(17,18)16-6-2-3-11(7-13)8-16/h9,11,14H,2-8,13H2,1H3. The molecule has 0 bridgehead atoms. The van der Waals surface area contributed by atoms with Gasteiger partial charge in [-0.2, -0.15) is 12.7 Å². The lowest BCUT2D eigenvalue weighted by Crippen LogP contribution is -2.47. The van der Waals surface area contributed by atoms with Gasteiger partial charge in [0, 0.05) is 37.1 Å². The van der Waals surface area contributed by atoms with Crippen molar-refractivity contribution in [1.82, 2.24) is 14.0 Å². The van der Waals surface area contributed by atoms with Crippen LogP contribution in [0.15, 0.2) is 5.38 Å². The summed E-state index contributed by atoms with van der Waals surface area (Å²) in [5.41, 5.74) is 6.62. The van der Waals surface area contributed by atoms with Gasteiger partial charge in [0.15, 0.2) is 0 Å². The Morgan fingerprint density at radius 1 is 1.60 bits per heavy atom. The Balaban J connectivity index is 1.84. The topological polar surface area (TPSA) is 88.3 Å². The molecule has 3 N–H and O–H groups in total. The number of aromatic nitrogens is 1. The van der Waals surface area contributed by atoms with Crippen LogP contribution in [0.3, 0.4) is 0 Å². The number of thiazole rings is 1. The Labute approximate surface area is 124 Å². The van der Waals surface area contributed by atoms with E-state index in [4.69, 9.17) is 5.73 Å². The highest BCUT2D eigenvalue weighted by Gasteiger charge is 2.27. The van der Waals surface area contributed by atoms with Crippen LogP contribution in [0.2, 0.25) is 0 Å². The fourth-order valence-corrected chi connectivity index (χ4v) is 4.43. The van der Waals surface area contributed by atoms with Gasteiger partial charge in [0.05, 0.1) is 5.01 Å². The van der Waals surface area contributed by atoms with Gasteiger partial charge < -0.3 is 5.73 Å². The molecule has 6 nitrogen and oxygen atoms in total. The van der Waals surface area contributed by atoms with E-state index in [2.05, 4.69) is 9.71 Å². The van der Waals surface area contributed by atoms with Crippen molar-refractivity contribution in [2.45, 2.75) is 26.2 Å². The second-order valence-electron chi connectivity index (χ2n) is 5.13. The molecule has 1 aromatic heterocycles. The second kappa shape index (κ2) is 6.95. The molecule has 8 heteroatoms. The summed E-state index contributed by atoms with van der Waals surface area (Å²) in [5.74, 6) is 0.280. The highest BCUT2D eigenvalue weighted by molar-refractivity contribution is 7.87. The van der Waals surface area contributed by atoms with Crippen LogP contribution in [0.25, 0.3) is 0 Å². The molecule has 114 valence electrons. The number of piperidine rings is 1. The van der Waals surface area contributed by atoms with Gasteiger partial charge >= 0.3 is 0 Å². The Morgan fingerprint density at radius 2 is 2.40 bits per heavy atom.